The molecule has 1 heterocycles. The molecule has 0 fully saturated rings. The molecule has 86 valence electrons. The molecule has 2 unspecified atom stereocenters. The SMILES string of the molecule is CC1N=C(c2ccccc2P(C)C)OC1C. The molecule has 2 rings (SSSR count). The molecule has 2 nitrogen and oxygen atoms in total. The molecule has 1 aliphatic rings. The molecule has 0 saturated heterocycles. The normalized spacial score (nSPS) is 24.4. The Labute approximate surface area is 98.5 Å². The third kappa shape index (κ3) is 2.12. The van der Waals surface area contributed by atoms with Crippen LogP contribution in [0.25, 0.3) is 0 Å². The molecule has 0 radical (unpaired) electrons. The maximum atomic E-state index is 5.81. The summed E-state index contributed by atoms with van der Waals surface area (Å²) >= 11 is 0. The summed E-state index contributed by atoms with van der Waals surface area (Å²) in [5, 5.41) is 1.37. The molecule has 0 amide bonds. The van der Waals surface area contributed by atoms with Gasteiger partial charge in [-0.3, -0.25) is 0 Å². The predicted octanol–water partition coefficient (Wildman–Crippen LogP) is 2.61. The van der Waals surface area contributed by atoms with Gasteiger partial charge in [0.2, 0.25) is 5.90 Å². The van der Waals surface area contributed by atoms with Crippen LogP contribution in [0.5, 0.6) is 0 Å². The molecule has 0 aromatic heterocycles. The number of ether oxygens (including phenoxy) is 1. The van der Waals surface area contributed by atoms with Crippen LogP contribution in [-0.2, 0) is 4.74 Å². The Morgan fingerprint density at radius 2 is 1.88 bits per heavy atom. The maximum absolute atomic E-state index is 5.81. The first-order valence-electron chi connectivity index (χ1n) is 5.61. The van der Waals surface area contributed by atoms with Gasteiger partial charge in [0.25, 0.3) is 0 Å². The molecule has 1 aliphatic heterocycles. The Morgan fingerprint density at radius 3 is 2.44 bits per heavy atom. The van der Waals surface area contributed by atoms with E-state index in [4.69, 9.17) is 4.74 Å². The van der Waals surface area contributed by atoms with Crippen molar-refractivity contribution in [1.82, 2.24) is 0 Å². The smallest absolute Gasteiger partial charge is 0.217 e. The fourth-order valence-electron chi connectivity index (χ4n) is 1.77. The lowest BCUT2D eigenvalue weighted by Gasteiger charge is -2.13. The lowest BCUT2D eigenvalue weighted by Crippen LogP contribution is -2.18. The van der Waals surface area contributed by atoms with Crippen LogP contribution in [-0.4, -0.2) is 31.4 Å². The van der Waals surface area contributed by atoms with Crippen molar-refractivity contribution in [3.63, 3.8) is 0 Å². The van der Waals surface area contributed by atoms with Crippen LogP contribution in [0.2, 0.25) is 0 Å². The van der Waals surface area contributed by atoms with Gasteiger partial charge in [0.1, 0.15) is 6.10 Å². The summed E-state index contributed by atoms with van der Waals surface area (Å²) in [4.78, 5) is 4.59. The average molecular weight is 235 g/mol. The lowest BCUT2D eigenvalue weighted by atomic mass is 10.2. The van der Waals surface area contributed by atoms with E-state index in [9.17, 15) is 0 Å². The van der Waals surface area contributed by atoms with Crippen LogP contribution in [0.4, 0.5) is 0 Å². The van der Waals surface area contributed by atoms with Crippen LogP contribution in [0.1, 0.15) is 19.4 Å². The standard InChI is InChI=1S/C13H18NOP/c1-9-10(2)15-13(14-9)11-7-5-6-8-12(11)16(3)4/h5-10H,1-4H3. The van der Waals surface area contributed by atoms with E-state index in [-0.39, 0.29) is 20.1 Å². The van der Waals surface area contributed by atoms with E-state index in [1.165, 1.54) is 10.9 Å². The van der Waals surface area contributed by atoms with Crippen molar-refractivity contribution in [3.8, 4) is 0 Å². The van der Waals surface area contributed by atoms with E-state index in [1.54, 1.807) is 0 Å². The summed E-state index contributed by atoms with van der Waals surface area (Å²) in [5.41, 5.74) is 1.18. The van der Waals surface area contributed by atoms with Gasteiger partial charge >= 0.3 is 0 Å². The highest BCUT2D eigenvalue weighted by atomic mass is 31.1. The fourth-order valence-corrected chi connectivity index (χ4v) is 2.81. The van der Waals surface area contributed by atoms with Gasteiger partial charge in [-0.25, -0.2) is 4.99 Å². The number of nitrogens with zero attached hydrogens (tertiary/aromatic N) is 1. The van der Waals surface area contributed by atoms with Crippen LogP contribution < -0.4 is 5.30 Å². The van der Waals surface area contributed by atoms with Crippen molar-refractivity contribution in [1.29, 1.82) is 0 Å². The number of benzene rings is 1. The minimum Gasteiger partial charge on any atom is -0.472 e. The summed E-state index contributed by atoms with van der Waals surface area (Å²) in [6.45, 7) is 8.69. The van der Waals surface area contributed by atoms with Crippen LogP contribution in [0.15, 0.2) is 29.3 Å². The Hall–Kier alpha value is -0.880. The zero-order valence-electron chi connectivity index (χ0n) is 10.3. The predicted molar refractivity (Wildman–Crippen MR) is 71.4 cm³/mol. The van der Waals surface area contributed by atoms with E-state index in [1.807, 2.05) is 0 Å². The Kier molecular flexibility index (Phi) is 3.30. The number of aliphatic imine (C=N–C) groups is 1. The van der Waals surface area contributed by atoms with Crippen molar-refractivity contribution in [3.05, 3.63) is 29.8 Å². The van der Waals surface area contributed by atoms with E-state index in [2.05, 4.69) is 56.4 Å². The van der Waals surface area contributed by atoms with Gasteiger partial charge < -0.3 is 4.74 Å². The largest absolute Gasteiger partial charge is 0.472 e. The fraction of sp³-hybridized carbons (Fsp3) is 0.462. The molecule has 0 N–H and O–H groups in total. The van der Waals surface area contributed by atoms with Crippen molar-refractivity contribution in [2.24, 2.45) is 4.99 Å². The summed E-state index contributed by atoms with van der Waals surface area (Å²) in [6, 6.07) is 8.70. The second-order valence-corrected chi connectivity index (χ2v) is 6.68. The first-order chi connectivity index (χ1) is 7.59. The van der Waals surface area contributed by atoms with Crippen LogP contribution in [0, 0.1) is 0 Å². The average Bonchev–Trinajstić information content (AvgIpc) is 2.59. The summed E-state index contributed by atoms with van der Waals surface area (Å²) < 4.78 is 5.81. The van der Waals surface area contributed by atoms with Gasteiger partial charge in [0.05, 0.1) is 6.04 Å². The first-order valence-corrected chi connectivity index (χ1v) is 7.84. The maximum Gasteiger partial charge on any atom is 0.217 e. The second kappa shape index (κ2) is 4.55. The van der Waals surface area contributed by atoms with Crippen LogP contribution >= 0.6 is 7.92 Å². The first kappa shape index (κ1) is 11.6. The zero-order valence-corrected chi connectivity index (χ0v) is 11.2. The Balaban J connectivity index is 2.38. The van der Waals surface area contributed by atoms with Gasteiger partial charge in [-0.15, -0.1) is 0 Å². The van der Waals surface area contributed by atoms with E-state index in [0.29, 0.717) is 0 Å². The van der Waals surface area contributed by atoms with Crippen molar-refractivity contribution >= 4 is 19.1 Å². The molecular weight excluding hydrogens is 217 g/mol. The van der Waals surface area contributed by atoms with Crippen molar-refractivity contribution in [2.75, 3.05) is 13.3 Å². The monoisotopic (exact) mass is 235 g/mol. The Bertz CT molecular complexity index is 414. The molecule has 1 aromatic carbocycles. The molecule has 0 spiro atoms. The third-order valence-electron chi connectivity index (χ3n) is 2.91. The summed E-state index contributed by atoms with van der Waals surface area (Å²) in [7, 11) is -0.122. The van der Waals surface area contributed by atoms with E-state index >= 15 is 0 Å². The van der Waals surface area contributed by atoms with Gasteiger partial charge in [-0.05, 0) is 38.5 Å². The summed E-state index contributed by atoms with van der Waals surface area (Å²) in [5.74, 6) is 0.826. The van der Waals surface area contributed by atoms with Crippen molar-refractivity contribution in [2.45, 2.75) is 26.0 Å². The minimum atomic E-state index is -0.122. The highest BCUT2D eigenvalue weighted by Crippen LogP contribution is 2.27. The summed E-state index contributed by atoms with van der Waals surface area (Å²) in [6.07, 6.45) is 0.197. The van der Waals surface area contributed by atoms with E-state index < -0.39 is 0 Å². The number of hydrogen-bond donors (Lipinski definition) is 0. The van der Waals surface area contributed by atoms with E-state index in [0.717, 1.165) is 5.90 Å². The molecular formula is C13H18NOP. The lowest BCUT2D eigenvalue weighted by molar-refractivity contribution is 0.219. The minimum absolute atomic E-state index is 0.122. The highest BCUT2D eigenvalue weighted by molar-refractivity contribution is 7.64. The van der Waals surface area contributed by atoms with Gasteiger partial charge in [-0.1, -0.05) is 26.1 Å². The zero-order chi connectivity index (χ0) is 11.7. The van der Waals surface area contributed by atoms with Gasteiger partial charge in [0.15, 0.2) is 0 Å². The van der Waals surface area contributed by atoms with Crippen LogP contribution in [0.3, 0.4) is 0 Å². The molecule has 1 aromatic rings. The molecule has 3 heteroatoms. The van der Waals surface area contributed by atoms with Crippen molar-refractivity contribution < 1.29 is 4.74 Å². The molecule has 16 heavy (non-hydrogen) atoms. The highest BCUT2D eigenvalue weighted by Gasteiger charge is 2.25. The molecule has 0 bridgehead atoms. The molecule has 0 saturated carbocycles. The topological polar surface area (TPSA) is 21.6 Å². The molecule has 2 atom stereocenters. The number of rotatable bonds is 2. The Morgan fingerprint density at radius 1 is 1.19 bits per heavy atom. The third-order valence-corrected chi connectivity index (χ3v) is 4.27. The number of hydrogen-bond acceptors (Lipinski definition) is 2. The van der Waals surface area contributed by atoms with Gasteiger partial charge in [0, 0.05) is 5.56 Å². The second-order valence-electron chi connectivity index (χ2n) is 4.41. The van der Waals surface area contributed by atoms with Gasteiger partial charge in [-0.2, -0.15) is 0 Å². The molecule has 0 aliphatic carbocycles. The quantitative estimate of drug-likeness (QED) is 0.722.